The van der Waals surface area contributed by atoms with E-state index < -0.39 is 0 Å². The van der Waals surface area contributed by atoms with Crippen LogP contribution in [-0.4, -0.2) is 26.5 Å². The average molecular weight is 778 g/mol. The molecule has 4 fully saturated rings. The summed E-state index contributed by atoms with van der Waals surface area (Å²) in [6.07, 6.45) is 16.6. The molecule has 4 aliphatic carbocycles. The van der Waals surface area contributed by atoms with Crippen LogP contribution in [0.15, 0.2) is 140 Å². The fourth-order valence-corrected chi connectivity index (χ4v) is 12.3. The first kappa shape index (κ1) is 35.4. The molecular formula is C55H47N5. The van der Waals surface area contributed by atoms with Gasteiger partial charge in [0, 0.05) is 44.3 Å². The van der Waals surface area contributed by atoms with Crippen molar-refractivity contribution >= 4 is 46.4 Å². The highest BCUT2D eigenvalue weighted by atomic mass is 14.8. The van der Waals surface area contributed by atoms with Gasteiger partial charge in [0.2, 0.25) is 0 Å². The van der Waals surface area contributed by atoms with Crippen LogP contribution in [0.1, 0.15) is 66.9 Å². The first-order chi connectivity index (χ1) is 29.5. The quantitative estimate of drug-likeness (QED) is 0.157. The summed E-state index contributed by atoms with van der Waals surface area (Å²) < 4.78 is 0. The number of aromatic amines is 2. The van der Waals surface area contributed by atoms with E-state index in [1.54, 1.807) is 0 Å². The number of nitrogens with two attached hydrogens (primary N) is 1. The zero-order chi connectivity index (χ0) is 39.8. The Morgan fingerprint density at radius 2 is 0.817 bits per heavy atom. The highest BCUT2D eigenvalue weighted by molar-refractivity contribution is 5.99. The second-order valence-electron chi connectivity index (χ2n) is 18.1. The molecule has 2 aliphatic heterocycles. The monoisotopic (exact) mass is 777 g/mol. The van der Waals surface area contributed by atoms with Gasteiger partial charge in [0.05, 0.1) is 22.8 Å². The summed E-state index contributed by atoms with van der Waals surface area (Å²) in [7, 11) is 0. The third kappa shape index (κ3) is 5.78. The molecule has 7 aromatic rings. The molecule has 5 heterocycles. The second kappa shape index (κ2) is 13.8. The third-order valence-electron chi connectivity index (χ3n) is 14.3. The molecular weight excluding hydrogens is 731 g/mol. The van der Waals surface area contributed by atoms with Gasteiger partial charge in [0.25, 0.3) is 0 Å². The molecule has 3 aromatic heterocycles. The fourth-order valence-electron chi connectivity index (χ4n) is 12.3. The summed E-state index contributed by atoms with van der Waals surface area (Å²) in [6, 6.07) is 50.2. The molecule has 6 aliphatic rings. The number of aromatic nitrogens is 4. The van der Waals surface area contributed by atoms with Crippen LogP contribution in [0.25, 0.3) is 90.9 Å². The van der Waals surface area contributed by atoms with Crippen LogP contribution in [0.3, 0.4) is 0 Å². The summed E-state index contributed by atoms with van der Waals surface area (Å²) in [6.45, 7) is 0.819. The minimum atomic E-state index is 0.232. The van der Waals surface area contributed by atoms with Gasteiger partial charge in [-0.1, -0.05) is 115 Å². The Morgan fingerprint density at radius 1 is 0.450 bits per heavy atom. The Balaban J connectivity index is 1.14. The van der Waals surface area contributed by atoms with Crippen molar-refractivity contribution in [3.63, 3.8) is 0 Å². The maximum absolute atomic E-state index is 6.56. The van der Waals surface area contributed by atoms with Gasteiger partial charge in [0.15, 0.2) is 0 Å². The van der Waals surface area contributed by atoms with Gasteiger partial charge < -0.3 is 15.7 Å². The van der Waals surface area contributed by atoms with E-state index in [2.05, 4.69) is 174 Å². The molecule has 292 valence electrons. The van der Waals surface area contributed by atoms with E-state index in [4.69, 9.17) is 15.7 Å². The van der Waals surface area contributed by atoms with Crippen LogP contribution in [0, 0.1) is 17.3 Å². The summed E-state index contributed by atoms with van der Waals surface area (Å²) in [4.78, 5) is 18.8. The molecule has 4 aromatic carbocycles. The van der Waals surface area contributed by atoms with E-state index >= 15 is 0 Å². The molecule has 0 amide bonds. The molecule has 13 rings (SSSR count). The predicted octanol–water partition coefficient (Wildman–Crippen LogP) is 13.1. The first-order valence-corrected chi connectivity index (χ1v) is 21.7. The van der Waals surface area contributed by atoms with E-state index in [0.29, 0.717) is 5.41 Å². The van der Waals surface area contributed by atoms with Gasteiger partial charge in [-0.15, -0.1) is 0 Å². The first-order valence-electron chi connectivity index (χ1n) is 21.7. The number of nitrogens with one attached hydrogen (secondary N) is 2. The van der Waals surface area contributed by atoms with Gasteiger partial charge in [-0.25, -0.2) is 9.97 Å². The Labute approximate surface area is 350 Å². The van der Waals surface area contributed by atoms with Crippen LogP contribution in [0.2, 0.25) is 0 Å². The van der Waals surface area contributed by atoms with E-state index in [1.165, 1.54) is 44.1 Å². The number of hydrogen-bond acceptors (Lipinski definition) is 3. The SMILES string of the molecule is NCC12CC3CC(C1)CC(c1ccc(-c4c5nc(c(-c6ccccc6)c6ccc([nH]6)c(-c6ccccc6)c6nc(c(-c7ccccc7)c7ccc4[nH]7)C=C6)C=C5)cc1)(C3)C2. The van der Waals surface area contributed by atoms with Crippen molar-refractivity contribution < 1.29 is 0 Å². The maximum Gasteiger partial charge on any atom is 0.0737 e. The van der Waals surface area contributed by atoms with Gasteiger partial charge in [-0.05, 0) is 144 Å². The Kier molecular flexibility index (Phi) is 8.11. The van der Waals surface area contributed by atoms with Gasteiger partial charge in [-0.2, -0.15) is 0 Å². The summed E-state index contributed by atoms with van der Waals surface area (Å²) in [5, 5.41) is 0. The molecule has 5 heteroatoms. The topological polar surface area (TPSA) is 83.4 Å². The molecule has 0 saturated heterocycles. The molecule has 0 radical (unpaired) electrons. The van der Waals surface area contributed by atoms with Crippen molar-refractivity contribution in [2.75, 3.05) is 6.54 Å². The largest absolute Gasteiger partial charge is 0.354 e. The molecule has 4 N–H and O–H groups in total. The van der Waals surface area contributed by atoms with Crippen molar-refractivity contribution in [1.82, 2.24) is 19.9 Å². The van der Waals surface area contributed by atoms with E-state index in [0.717, 1.165) is 108 Å². The van der Waals surface area contributed by atoms with Crippen LogP contribution < -0.4 is 5.73 Å². The van der Waals surface area contributed by atoms with Crippen molar-refractivity contribution in [2.45, 2.75) is 43.9 Å². The smallest absolute Gasteiger partial charge is 0.0737 e. The molecule has 4 saturated carbocycles. The maximum atomic E-state index is 6.56. The van der Waals surface area contributed by atoms with Gasteiger partial charge >= 0.3 is 0 Å². The summed E-state index contributed by atoms with van der Waals surface area (Å²) >= 11 is 0. The Bertz CT molecular complexity index is 2970. The molecule has 60 heavy (non-hydrogen) atoms. The van der Waals surface area contributed by atoms with Gasteiger partial charge in [-0.3, -0.25) is 0 Å². The number of fused-ring (bicyclic) bond motifs is 8. The summed E-state index contributed by atoms with van der Waals surface area (Å²) in [5.41, 5.74) is 25.0. The number of H-pyrrole nitrogens is 2. The predicted molar refractivity (Wildman–Crippen MR) is 248 cm³/mol. The lowest BCUT2D eigenvalue weighted by Gasteiger charge is -2.62. The summed E-state index contributed by atoms with van der Waals surface area (Å²) in [5.74, 6) is 1.61. The number of nitrogens with zero attached hydrogens (tertiary/aromatic N) is 2. The van der Waals surface area contributed by atoms with Crippen LogP contribution >= 0.6 is 0 Å². The molecule has 2 unspecified atom stereocenters. The average Bonchev–Trinajstić information content (AvgIpc) is 4.13. The normalized spacial score (nSPS) is 22.4. The lowest BCUT2D eigenvalue weighted by molar-refractivity contribution is -0.0666. The van der Waals surface area contributed by atoms with Crippen LogP contribution in [0.4, 0.5) is 0 Å². The van der Waals surface area contributed by atoms with Gasteiger partial charge in [0.1, 0.15) is 0 Å². The molecule has 12 bridgehead atoms. The minimum Gasteiger partial charge on any atom is -0.354 e. The van der Waals surface area contributed by atoms with Crippen molar-refractivity contribution in [1.29, 1.82) is 0 Å². The van der Waals surface area contributed by atoms with E-state index in [1.807, 2.05) is 0 Å². The van der Waals surface area contributed by atoms with E-state index in [-0.39, 0.29) is 5.41 Å². The number of hydrogen-bond donors (Lipinski definition) is 3. The lowest BCUT2D eigenvalue weighted by Crippen LogP contribution is -2.56. The van der Waals surface area contributed by atoms with Crippen molar-refractivity contribution in [3.05, 3.63) is 168 Å². The third-order valence-corrected chi connectivity index (χ3v) is 14.3. The second-order valence-corrected chi connectivity index (χ2v) is 18.1. The lowest BCUT2D eigenvalue weighted by atomic mass is 9.43. The molecule has 5 nitrogen and oxygen atoms in total. The Morgan fingerprint density at radius 3 is 1.18 bits per heavy atom. The number of rotatable bonds is 6. The highest BCUT2D eigenvalue weighted by Crippen LogP contribution is 2.65. The van der Waals surface area contributed by atoms with Crippen molar-refractivity contribution in [2.24, 2.45) is 23.0 Å². The number of benzene rings is 4. The van der Waals surface area contributed by atoms with Crippen molar-refractivity contribution in [3.8, 4) is 44.5 Å². The highest BCUT2D eigenvalue weighted by Gasteiger charge is 2.57. The minimum absolute atomic E-state index is 0.232. The van der Waals surface area contributed by atoms with Crippen LogP contribution in [-0.2, 0) is 5.41 Å². The zero-order valence-electron chi connectivity index (χ0n) is 33.7. The fraction of sp³-hybridized carbons (Fsp3) is 0.200. The molecule has 0 spiro atoms. The Hall–Kier alpha value is -6.56. The zero-order valence-corrected chi connectivity index (χ0v) is 33.7. The van der Waals surface area contributed by atoms with E-state index in [9.17, 15) is 0 Å². The van der Waals surface area contributed by atoms with Crippen LogP contribution in [0.5, 0.6) is 0 Å². The standard InChI is InChI=1S/C55H47N5/c56-34-54-29-35-28-36(30-54)32-55(31-35,33-54)41-18-16-40(17-19-41)53-48-26-24-46(59-48)51(38-12-6-2-7-13-38)44-22-20-42(57-44)50(37-10-4-1-5-11-37)43-21-23-45(58-43)52(39-14-8-3-9-15-39)47-25-27-49(53)60-47/h1-27,35-36,57,60H,28-34,56H2. The molecule has 2 atom stereocenters.